The van der Waals surface area contributed by atoms with Crippen LogP contribution in [0.5, 0.6) is 0 Å². The average Bonchev–Trinajstić information content (AvgIpc) is 2.54. The Bertz CT molecular complexity index is 551. The molecule has 0 saturated heterocycles. The summed E-state index contributed by atoms with van der Waals surface area (Å²) in [6.45, 7) is 1.75. The fourth-order valence-electron chi connectivity index (χ4n) is 1.43. The summed E-state index contributed by atoms with van der Waals surface area (Å²) in [4.78, 5) is 25.6. The maximum absolute atomic E-state index is 10.8. The summed E-state index contributed by atoms with van der Waals surface area (Å²) in [5, 5.41) is 22.2. The molecule has 0 fully saturated rings. The minimum absolute atomic E-state index is 0.379. The smallest absolute Gasteiger partial charge is 0.0907 e. The van der Waals surface area contributed by atoms with Crippen LogP contribution in [0.4, 0.5) is 0 Å². The third-order valence-corrected chi connectivity index (χ3v) is 3.01. The van der Waals surface area contributed by atoms with E-state index in [1.165, 1.54) is 23.5 Å². The van der Waals surface area contributed by atoms with Crippen LogP contribution < -0.4 is 10.2 Å². The predicted octanol–water partition coefficient (Wildman–Crippen LogP) is -0.668. The number of carboxylic acids is 2. The number of carbonyl (C=O) groups is 2. The molecule has 0 amide bonds. The van der Waals surface area contributed by atoms with Crippen molar-refractivity contribution in [3.05, 3.63) is 28.3 Å². The van der Waals surface area contributed by atoms with Crippen LogP contribution in [0.1, 0.15) is 25.7 Å². The van der Waals surface area contributed by atoms with E-state index < -0.39 is 17.5 Å². The van der Waals surface area contributed by atoms with Gasteiger partial charge in [-0.2, -0.15) is 0 Å². The topological polar surface area (TPSA) is 93.2 Å². The predicted molar refractivity (Wildman–Crippen MR) is 53.0 cm³/mol. The van der Waals surface area contributed by atoms with Gasteiger partial charge >= 0.3 is 0 Å². The Morgan fingerprint density at radius 2 is 1.75 bits per heavy atom. The second kappa shape index (κ2) is 3.57. The molecule has 5 nitrogen and oxygen atoms in total. The minimum atomic E-state index is -1.55. The molecule has 0 N–H and O–H groups in total. The van der Waals surface area contributed by atoms with Gasteiger partial charge in [0.25, 0.3) is 0 Å². The van der Waals surface area contributed by atoms with E-state index in [1.807, 2.05) is 0 Å². The third kappa shape index (κ3) is 1.63. The van der Waals surface area contributed by atoms with Crippen LogP contribution in [-0.4, -0.2) is 16.9 Å². The van der Waals surface area contributed by atoms with Crippen molar-refractivity contribution in [3.63, 3.8) is 0 Å². The third-order valence-electron chi connectivity index (χ3n) is 2.07. The molecule has 82 valence electrons. The van der Waals surface area contributed by atoms with Crippen molar-refractivity contribution >= 4 is 33.5 Å². The Balaban J connectivity index is 2.80. The summed E-state index contributed by atoms with van der Waals surface area (Å²) in [5.74, 6) is -3.08. The van der Waals surface area contributed by atoms with E-state index in [2.05, 4.69) is 4.98 Å². The van der Waals surface area contributed by atoms with Gasteiger partial charge in [0, 0.05) is 11.1 Å². The minimum Gasteiger partial charge on any atom is -0.545 e. The molecule has 0 spiro atoms. The molecule has 0 atom stereocenters. The van der Waals surface area contributed by atoms with Gasteiger partial charge in [0.05, 0.1) is 27.2 Å². The summed E-state index contributed by atoms with van der Waals surface area (Å²) in [5.41, 5.74) is -0.333. The first-order valence-electron chi connectivity index (χ1n) is 4.33. The van der Waals surface area contributed by atoms with Crippen molar-refractivity contribution in [2.24, 2.45) is 0 Å². The number of thiazole rings is 1. The highest BCUT2D eigenvalue weighted by atomic mass is 32.1. The van der Waals surface area contributed by atoms with Crippen molar-refractivity contribution in [1.29, 1.82) is 0 Å². The number of carbonyl (C=O) groups excluding carboxylic acids is 2. The standard InChI is InChI=1S/C10H7NO4S/c1-4-11-7-2-5(9(12)13)6(10(14)15)3-8(7)16-4/h2-3H,1H3,(H,12,13)(H,14,15)/p-2. The molecule has 1 aromatic heterocycles. The number of carboxylic acid groups (broad SMARTS) is 2. The van der Waals surface area contributed by atoms with Crippen molar-refractivity contribution < 1.29 is 19.8 Å². The van der Waals surface area contributed by atoms with E-state index in [-0.39, 0.29) is 5.56 Å². The molecular formula is C10H5NO4S-2. The van der Waals surface area contributed by atoms with Gasteiger partial charge in [0.1, 0.15) is 0 Å². The molecule has 0 aliphatic carbocycles. The Hall–Kier alpha value is -1.95. The number of aromatic nitrogens is 1. The lowest BCUT2D eigenvalue weighted by Crippen LogP contribution is -2.30. The number of benzene rings is 1. The highest BCUT2D eigenvalue weighted by Crippen LogP contribution is 2.24. The van der Waals surface area contributed by atoms with Gasteiger partial charge in [-0.15, -0.1) is 11.3 Å². The van der Waals surface area contributed by atoms with Crippen molar-refractivity contribution in [2.45, 2.75) is 6.92 Å². The summed E-state index contributed by atoms with van der Waals surface area (Å²) in [6, 6.07) is 2.44. The molecule has 1 heterocycles. The first-order valence-corrected chi connectivity index (χ1v) is 5.14. The van der Waals surface area contributed by atoms with E-state index in [0.29, 0.717) is 10.2 Å². The second-order valence-electron chi connectivity index (χ2n) is 3.17. The Labute approximate surface area is 94.0 Å². The SMILES string of the molecule is Cc1nc2cc(C(=O)[O-])c(C(=O)[O-])cc2s1. The molecule has 0 bridgehead atoms. The maximum Gasteiger partial charge on any atom is 0.0907 e. The highest BCUT2D eigenvalue weighted by molar-refractivity contribution is 7.18. The summed E-state index contributed by atoms with van der Waals surface area (Å²) < 4.78 is 0.613. The van der Waals surface area contributed by atoms with E-state index >= 15 is 0 Å². The van der Waals surface area contributed by atoms with E-state index in [9.17, 15) is 19.8 Å². The van der Waals surface area contributed by atoms with Gasteiger partial charge in [-0.05, 0) is 19.1 Å². The Morgan fingerprint density at radius 1 is 1.19 bits per heavy atom. The average molecular weight is 235 g/mol. The number of aromatic carboxylic acids is 2. The zero-order valence-electron chi connectivity index (χ0n) is 8.14. The fraction of sp³-hybridized carbons (Fsp3) is 0.100. The summed E-state index contributed by atoms with van der Waals surface area (Å²) >= 11 is 1.29. The second-order valence-corrected chi connectivity index (χ2v) is 4.41. The molecule has 1 aromatic carbocycles. The fourth-order valence-corrected chi connectivity index (χ4v) is 2.28. The molecule has 0 radical (unpaired) electrons. The Morgan fingerprint density at radius 3 is 2.31 bits per heavy atom. The summed E-state index contributed by atoms with van der Waals surface area (Å²) in [7, 11) is 0. The molecule has 0 aliphatic rings. The lowest BCUT2D eigenvalue weighted by molar-refractivity contribution is -0.259. The van der Waals surface area contributed by atoms with Gasteiger partial charge in [-0.25, -0.2) is 4.98 Å². The number of rotatable bonds is 2. The molecular weight excluding hydrogens is 230 g/mol. The van der Waals surface area contributed by atoms with E-state index in [1.54, 1.807) is 6.92 Å². The van der Waals surface area contributed by atoms with Gasteiger partial charge in [0.15, 0.2) is 0 Å². The number of aryl methyl sites for hydroxylation is 1. The lowest BCUT2D eigenvalue weighted by atomic mass is 10.1. The first kappa shape index (κ1) is 10.6. The zero-order chi connectivity index (χ0) is 11.9. The van der Waals surface area contributed by atoms with Crippen molar-refractivity contribution in [3.8, 4) is 0 Å². The monoisotopic (exact) mass is 235 g/mol. The quantitative estimate of drug-likeness (QED) is 0.688. The van der Waals surface area contributed by atoms with Gasteiger partial charge < -0.3 is 19.8 Å². The number of hydrogen-bond acceptors (Lipinski definition) is 6. The van der Waals surface area contributed by atoms with Crippen LogP contribution in [0.3, 0.4) is 0 Å². The molecule has 2 aromatic rings. The number of nitrogens with zero attached hydrogens (tertiary/aromatic N) is 1. The number of hydrogen-bond donors (Lipinski definition) is 0. The largest absolute Gasteiger partial charge is 0.545 e. The van der Waals surface area contributed by atoms with Gasteiger partial charge in [-0.1, -0.05) is 0 Å². The van der Waals surface area contributed by atoms with Crippen molar-refractivity contribution in [2.75, 3.05) is 0 Å². The Kier molecular flexibility index (Phi) is 2.35. The van der Waals surface area contributed by atoms with Gasteiger partial charge in [0.2, 0.25) is 0 Å². The number of fused-ring (bicyclic) bond motifs is 1. The molecule has 2 rings (SSSR count). The van der Waals surface area contributed by atoms with E-state index in [4.69, 9.17) is 0 Å². The summed E-state index contributed by atoms with van der Waals surface area (Å²) in [6.07, 6.45) is 0. The zero-order valence-corrected chi connectivity index (χ0v) is 8.96. The van der Waals surface area contributed by atoms with Gasteiger partial charge in [-0.3, -0.25) is 0 Å². The highest BCUT2D eigenvalue weighted by Gasteiger charge is 2.09. The maximum atomic E-state index is 10.8. The van der Waals surface area contributed by atoms with Crippen LogP contribution in [0.15, 0.2) is 12.1 Å². The molecule has 6 heteroatoms. The van der Waals surface area contributed by atoms with Crippen LogP contribution in [0.2, 0.25) is 0 Å². The van der Waals surface area contributed by atoms with Crippen LogP contribution in [0.25, 0.3) is 10.2 Å². The van der Waals surface area contributed by atoms with Crippen molar-refractivity contribution in [1.82, 2.24) is 4.98 Å². The molecule has 16 heavy (non-hydrogen) atoms. The molecule has 0 unspecified atom stereocenters. The lowest BCUT2D eigenvalue weighted by Gasteiger charge is -2.10. The first-order chi connectivity index (χ1) is 7.49. The van der Waals surface area contributed by atoms with E-state index in [0.717, 1.165) is 5.01 Å². The molecule has 0 aliphatic heterocycles. The normalized spacial score (nSPS) is 10.6. The van der Waals surface area contributed by atoms with Crippen LogP contribution >= 0.6 is 11.3 Å². The van der Waals surface area contributed by atoms with Crippen LogP contribution in [-0.2, 0) is 0 Å². The van der Waals surface area contributed by atoms with Crippen LogP contribution in [0, 0.1) is 6.92 Å². The molecule has 0 saturated carbocycles.